The van der Waals surface area contributed by atoms with Crippen LogP contribution >= 0.6 is 11.3 Å². The zero-order valence-electron chi connectivity index (χ0n) is 21.0. The van der Waals surface area contributed by atoms with Crippen molar-refractivity contribution in [2.24, 2.45) is 0 Å². The van der Waals surface area contributed by atoms with Crippen LogP contribution in [0.25, 0.3) is 80.6 Å². The molecule has 0 bridgehead atoms. The molecule has 2 nitrogen and oxygen atoms in total. The van der Waals surface area contributed by atoms with Gasteiger partial charge >= 0.3 is 0 Å². The molecule has 0 unspecified atom stereocenters. The maximum atomic E-state index is 3.76. The first-order chi connectivity index (χ1) is 19.3. The minimum Gasteiger partial charge on any atom is -0.353 e. The van der Waals surface area contributed by atoms with E-state index in [9.17, 15) is 0 Å². The zero-order valence-corrected chi connectivity index (χ0v) is 21.8. The summed E-state index contributed by atoms with van der Waals surface area (Å²) in [6.07, 6.45) is 0. The smallest absolute Gasteiger partial charge is 0.0783 e. The second kappa shape index (κ2) is 7.83. The first-order valence-corrected chi connectivity index (χ1v) is 14.1. The van der Waals surface area contributed by atoms with Gasteiger partial charge in [0.25, 0.3) is 0 Å². The third-order valence-corrected chi connectivity index (χ3v) is 9.35. The van der Waals surface area contributed by atoms with E-state index in [1.807, 2.05) is 11.3 Å². The Balaban J connectivity index is 1.36. The van der Waals surface area contributed by atoms with Crippen molar-refractivity contribution in [1.82, 2.24) is 9.55 Å². The number of benzene rings is 6. The Kier molecular flexibility index (Phi) is 4.24. The van der Waals surface area contributed by atoms with Gasteiger partial charge in [0.1, 0.15) is 0 Å². The standard InChI is InChI=1S/C36H22N2S/c1-4-16-31-25(11-1)28-19-20-29-26-12-2-5-17-32(26)38(35(29)34(28)37-31)23-10-7-9-22(21-23)24-14-8-15-30-27-13-3-6-18-33(27)39-36(24)30/h1-21,37H. The molecule has 6 aromatic carbocycles. The van der Waals surface area contributed by atoms with Crippen LogP contribution in [0.1, 0.15) is 0 Å². The van der Waals surface area contributed by atoms with Gasteiger partial charge in [-0.1, -0.05) is 97.1 Å². The number of hydrogen-bond donors (Lipinski definition) is 1. The van der Waals surface area contributed by atoms with Gasteiger partial charge in [0, 0.05) is 52.9 Å². The van der Waals surface area contributed by atoms with Crippen LogP contribution in [0.3, 0.4) is 0 Å². The molecule has 1 N–H and O–H groups in total. The highest BCUT2D eigenvalue weighted by Crippen LogP contribution is 2.42. The van der Waals surface area contributed by atoms with Crippen molar-refractivity contribution in [3.05, 3.63) is 127 Å². The lowest BCUT2D eigenvalue weighted by atomic mass is 10.0. The normalized spacial score (nSPS) is 12.1. The number of nitrogens with one attached hydrogen (secondary N) is 1. The van der Waals surface area contributed by atoms with Crippen molar-refractivity contribution >= 4 is 75.1 Å². The number of aromatic nitrogens is 2. The third-order valence-electron chi connectivity index (χ3n) is 8.13. The molecule has 3 aromatic heterocycles. The largest absolute Gasteiger partial charge is 0.353 e. The number of aromatic amines is 1. The molecular formula is C36H22N2S. The third kappa shape index (κ3) is 2.91. The number of nitrogens with zero attached hydrogens (tertiary/aromatic N) is 1. The van der Waals surface area contributed by atoms with Gasteiger partial charge in [-0.15, -0.1) is 11.3 Å². The molecule has 3 heteroatoms. The van der Waals surface area contributed by atoms with Gasteiger partial charge in [-0.25, -0.2) is 0 Å². The Morgan fingerprint density at radius 2 is 1.28 bits per heavy atom. The van der Waals surface area contributed by atoms with Crippen LogP contribution in [0.4, 0.5) is 0 Å². The van der Waals surface area contributed by atoms with Gasteiger partial charge in [-0.05, 0) is 41.5 Å². The fourth-order valence-corrected chi connectivity index (χ4v) is 7.66. The van der Waals surface area contributed by atoms with Gasteiger partial charge in [0.2, 0.25) is 0 Å². The molecule has 9 aromatic rings. The van der Waals surface area contributed by atoms with Gasteiger partial charge in [0.15, 0.2) is 0 Å². The van der Waals surface area contributed by atoms with E-state index in [2.05, 4.69) is 137 Å². The van der Waals surface area contributed by atoms with Gasteiger partial charge in [-0.3, -0.25) is 0 Å². The topological polar surface area (TPSA) is 20.7 Å². The second-order valence-electron chi connectivity index (χ2n) is 10.2. The Bertz CT molecular complexity index is 2400. The zero-order chi connectivity index (χ0) is 25.5. The minimum atomic E-state index is 1.17. The molecule has 0 aliphatic carbocycles. The number of para-hydroxylation sites is 2. The first-order valence-electron chi connectivity index (χ1n) is 13.3. The van der Waals surface area contributed by atoms with Crippen LogP contribution in [-0.2, 0) is 0 Å². The summed E-state index contributed by atoms with van der Waals surface area (Å²) in [7, 11) is 0. The van der Waals surface area contributed by atoms with Crippen molar-refractivity contribution in [1.29, 1.82) is 0 Å². The average Bonchev–Trinajstić information content (AvgIpc) is 3.66. The van der Waals surface area contributed by atoms with Gasteiger partial charge in [0.05, 0.1) is 16.6 Å². The predicted molar refractivity (Wildman–Crippen MR) is 168 cm³/mol. The fraction of sp³-hybridized carbons (Fsp3) is 0. The summed E-state index contributed by atoms with van der Waals surface area (Å²) in [6.45, 7) is 0. The molecule has 3 heterocycles. The molecule has 0 spiro atoms. The Morgan fingerprint density at radius 3 is 2.23 bits per heavy atom. The highest BCUT2D eigenvalue weighted by atomic mass is 32.1. The Labute approximate surface area is 228 Å². The maximum absolute atomic E-state index is 3.76. The predicted octanol–water partition coefficient (Wildman–Crippen LogP) is 10.5. The molecular weight excluding hydrogens is 492 g/mol. The van der Waals surface area contributed by atoms with Crippen LogP contribution in [0.5, 0.6) is 0 Å². The summed E-state index contributed by atoms with van der Waals surface area (Å²) in [6, 6.07) is 46.4. The van der Waals surface area contributed by atoms with Crippen LogP contribution in [0.2, 0.25) is 0 Å². The van der Waals surface area contributed by atoms with Gasteiger partial charge in [-0.2, -0.15) is 0 Å². The first kappa shape index (κ1) is 21.1. The van der Waals surface area contributed by atoms with Crippen molar-refractivity contribution < 1.29 is 0 Å². The number of hydrogen-bond acceptors (Lipinski definition) is 1. The van der Waals surface area contributed by atoms with E-state index >= 15 is 0 Å². The lowest BCUT2D eigenvalue weighted by molar-refractivity contribution is 1.18. The van der Waals surface area contributed by atoms with Crippen LogP contribution in [-0.4, -0.2) is 9.55 Å². The number of H-pyrrole nitrogens is 1. The molecule has 0 saturated heterocycles. The summed E-state index contributed by atoms with van der Waals surface area (Å²) < 4.78 is 5.12. The maximum Gasteiger partial charge on any atom is 0.0783 e. The van der Waals surface area contributed by atoms with E-state index < -0.39 is 0 Å². The van der Waals surface area contributed by atoms with E-state index in [1.54, 1.807) is 0 Å². The SMILES string of the molecule is c1cc(-c2cccc3c2sc2ccccc23)cc(-n2c3ccccc3c3ccc4c5ccccc5[nH]c4c32)c1. The van der Waals surface area contributed by atoms with Crippen molar-refractivity contribution in [2.75, 3.05) is 0 Å². The number of fused-ring (bicyclic) bond motifs is 10. The summed E-state index contributed by atoms with van der Waals surface area (Å²) in [4.78, 5) is 3.76. The summed E-state index contributed by atoms with van der Waals surface area (Å²) in [5, 5.41) is 7.71. The van der Waals surface area contributed by atoms with E-state index in [4.69, 9.17) is 0 Å². The van der Waals surface area contributed by atoms with Crippen molar-refractivity contribution in [3.63, 3.8) is 0 Å². The summed E-state index contributed by atoms with van der Waals surface area (Å²) in [5.41, 5.74) is 8.48. The van der Waals surface area contributed by atoms with E-state index in [0.717, 1.165) is 0 Å². The quantitative estimate of drug-likeness (QED) is 0.237. The molecule has 0 aliphatic rings. The molecule has 0 aliphatic heterocycles. The van der Waals surface area contributed by atoms with E-state index in [-0.39, 0.29) is 0 Å². The van der Waals surface area contributed by atoms with Crippen LogP contribution in [0.15, 0.2) is 127 Å². The molecule has 0 amide bonds. The molecule has 9 rings (SSSR count). The minimum absolute atomic E-state index is 1.17. The molecule has 0 saturated carbocycles. The van der Waals surface area contributed by atoms with Crippen LogP contribution < -0.4 is 0 Å². The van der Waals surface area contributed by atoms with Crippen molar-refractivity contribution in [3.8, 4) is 16.8 Å². The molecule has 39 heavy (non-hydrogen) atoms. The van der Waals surface area contributed by atoms with E-state index in [1.165, 1.54) is 80.6 Å². The van der Waals surface area contributed by atoms with E-state index in [0.29, 0.717) is 0 Å². The Hall–Kier alpha value is -4.86. The van der Waals surface area contributed by atoms with Crippen LogP contribution in [0, 0.1) is 0 Å². The lowest BCUT2D eigenvalue weighted by Gasteiger charge is -2.11. The van der Waals surface area contributed by atoms with Gasteiger partial charge < -0.3 is 9.55 Å². The highest BCUT2D eigenvalue weighted by Gasteiger charge is 2.18. The molecule has 0 atom stereocenters. The average molecular weight is 515 g/mol. The Morgan fingerprint density at radius 1 is 0.538 bits per heavy atom. The molecule has 0 fully saturated rings. The number of thiophene rings is 1. The monoisotopic (exact) mass is 514 g/mol. The summed E-state index contributed by atoms with van der Waals surface area (Å²) in [5.74, 6) is 0. The summed E-state index contributed by atoms with van der Waals surface area (Å²) >= 11 is 1.88. The molecule has 0 radical (unpaired) electrons. The fourth-order valence-electron chi connectivity index (χ4n) is 6.43. The molecule has 182 valence electrons. The highest BCUT2D eigenvalue weighted by molar-refractivity contribution is 7.26. The second-order valence-corrected chi connectivity index (χ2v) is 11.3. The number of rotatable bonds is 2. The lowest BCUT2D eigenvalue weighted by Crippen LogP contribution is -1.95. The van der Waals surface area contributed by atoms with Crippen molar-refractivity contribution in [2.45, 2.75) is 0 Å².